The lowest BCUT2D eigenvalue weighted by atomic mass is 10.2. The van der Waals surface area contributed by atoms with Crippen molar-refractivity contribution in [3.63, 3.8) is 0 Å². The lowest BCUT2D eigenvalue weighted by molar-refractivity contribution is 0.0762. The maximum absolute atomic E-state index is 12.1. The van der Waals surface area contributed by atoms with Crippen LogP contribution in [0.15, 0.2) is 23.1 Å². The molecule has 4 nitrogen and oxygen atoms in total. The zero-order valence-corrected chi connectivity index (χ0v) is 10.8. The van der Waals surface area contributed by atoms with Gasteiger partial charge in [0.15, 0.2) is 0 Å². The minimum absolute atomic E-state index is 0.0568. The average Bonchev–Trinajstić information content (AvgIpc) is 2.33. The molecular formula is C13H20N2O2. The number of hydrogen-bond acceptors (Lipinski definition) is 2. The van der Waals surface area contributed by atoms with E-state index in [0.717, 1.165) is 19.4 Å². The van der Waals surface area contributed by atoms with Crippen molar-refractivity contribution in [3.05, 3.63) is 34.2 Å². The Labute approximate surface area is 102 Å². The largest absolute Gasteiger partial charge is 0.339 e. The molecule has 0 fully saturated rings. The smallest absolute Gasteiger partial charge is 0.254 e. The minimum atomic E-state index is -0.151. The van der Waals surface area contributed by atoms with E-state index in [1.807, 2.05) is 6.92 Å². The van der Waals surface area contributed by atoms with Crippen LogP contribution in [0, 0.1) is 0 Å². The van der Waals surface area contributed by atoms with Crippen LogP contribution in [0.2, 0.25) is 0 Å². The fourth-order valence-electron chi connectivity index (χ4n) is 1.62. The van der Waals surface area contributed by atoms with E-state index in [1.165, 1.54) is 10.6 Å². The van der Waals surface area contributed by atoms with E-state index in [9.17, 15) is 9.59 Å². The van der Waals surface area contributed by atoms with Crippen LogP contribution in [0.25, 0.3) is 0 Å². The number of carbonyl (C=O) groups is 1. The molecule has 17 heavy (non-hydrogen) atoms. The summed E-state index contributed by atoms with van der Waals surface area (Å²) in [5.41, 5.74) is 0.327. The van der Waals surface area contributed by atoms with Crippen molar-refractivity contribution in [1.29, 1.82) is 0 Å². The summed E-state index contributed by atoms with van der Waals surface area (Å²) in [6, 6.07) is 3.09. The Morgan fingerprint density at radius 3 is 2.65 bits per heavy atom. The predicted octanol–water partition coefficient (Wildman–Crippen LogP) is 1.65. The summed E-state index contributed by atoms with van der Waals surface area (Å²) in [7, 11) is 1.67. The number of aryl methyl sites for hydroxylation is 1. The molecule has 1 aromatic heterocycles. The lowest BCUT2D eigenvalue weighted by Crippen LogP contribution is -2.32. The first kappa shape index (κ1) is 13.5. The highest BCUT2D eigenvalue weighted by atomic mass is 16.2. The molecule has 0 bridgehead atoms. The van der Waals surface area contributed by atoms with Crippen molar-refractivity contribution in [2.45, 2.75) is 26.7 Å². The molecule has 0 aliphatic rings. The van der Waals surface area contributed by atoms with Gasteiger partial charge in [-0.25, -0.2) is 0 Å². The highest BCUT2D eigenvalue weighted by molar-refractivity contribution is 5.94. The Kier molecular flexibility index (Phi) is 4.94. The van der Waals surface area contributed by atoms with Gasteiger partial charge >= 0.3 is 0 Å². The molecule has 0 saturated heterocycles. The fourth-order valence-corrected chi connectivity index (χ4v) is 1.62. The molecule has 0 aromatic carbocycles. The molecule has 0 unspecified atom stereocenters. The molecule has 0 N–H and O–H groups in total. The topological polar surface area (TPSA) is 42.3 Å². The van der Waals surface area contributed by atoms with Crippen LogP contribution >= 0.6 is 0 Å². The summed E-state index contributed by atoms with van der Waals surface area (Å²) in [5.74, 6) is -0.0568. The van der Waals surface area contributed by atoms with Crippen LogP contribution < -0.4 is 5.56 Å². The Bertz CT molecular complexity index is 437. The van der Waals surface area contributed by atoms with Crippen molar-refractivity contribution in [3.8, 4) is 0 Å². The standard InChI is InChI=1S/C13H20N2O2/c1-4-6-8-15(5-2)13(17)11-7-9-14(3)12(16)10-11/h7,9-10H,4-6,8H2,1-3H3. The van der Waals surface area contributed by atoms with Crippen LogP contribution in [0.3, 0.4) is 0 Å². The molecule has 0 radical (unpaired) electrons. The van der Waals surface area contributed by atoms with Gasteiger partial charge in [0, 0.05) is 38.0 Å². The van der Waals surface area contributed by atoms with Crippen LogP contribution in [0.4, 0.5) is 0 Å². The first-order valence-corrected chi connectivity index (χ1v) is 6.06. The lowest BCUT2D eigenvalue weighted by Gasteiger charge is -2.20. The molecule has 0 saturated carbocycles. The van der Waals surface area contributed by atoms with Crippen molar-refractivity contribution in [1.82, 2.24) is 9.47 Å². The Balaban J connectivity index is 2.86. The van der Waals surface area contributed by atoms with E-state index >= 15 is 0 Å². The molecule has 0 aliphatic heterocycles. The highest BCUT2D eigenvalue weighted by Gasteiger charge is 2.13. The van der Waals surface area contributed by atoms with Gasteiger partial charge in [-0.15, -0.1) is 0 Å². The third-order valence-electron chi connectivity index (χ3n) is 2.80. The number of pyridine rings is 1. The zero-order valence-electron chi connectivity index (χ0n) is 10.8. The van der Waals surface area contributed by atoms with Crippen LogP contribution in [-0.4, -0.2) is 28.5 Å². The average molecular weight is 236 g/mol. The van der Waals surface area contributed by atoms with Gasteiger partial charge in [-0.1, -0.05) is 13.3 Å². The van der Waals surface area contributed by atoms with Crippen molar-refractivity contribution in [2.75, 3.05) is 13.1 Å². The molecule has 94 valence electrons. The molecule has 1 amide bonds. The summed E-state index contributed by atoms with van der Waals surface area (Å²) in [6.45, 7) is 5.47. The Hall–Kier alpha value is -1.58. The number of hydrogen-bond donors (Lipinski definition) is 0. The van der Waals surface area contributed by atoms with Crippen molar-refractivity contribution >= 4 is 5.91 Å². The van der Waals surface area contributed by atoms with Crippen molar-refractivity contribution in [2.24, 2.45) is 7.05 Å². The third kappa shape index (κ3) is 3.44. The number of nitrogens with zero attached hydrogens (tertiary/aromatic N) is 2. The summed E-state index contributed by atoms with van der Waals surface area (Å²) in [5, 5.41) is 0. The van der Waals surface area contributed by atoms with Gasteiger partial charge in [0.05, 0.1) is 0 Å². The summed E-state index contributed by atoms with van der Waals surface area (Å²) < 4.78 is 1.46. The maximum atomic E-state index is 12.1. The molecule has 0 spiro atoms. The Morgan fingerprint density at radius 2 is 2.12 bits per heavy atom. The quantitative estimate of drug-likeness (QED) is 0.780. The number of unbranched alkanes of at least 4 members (excludes halogenated alkanes) is 1. The molecule has 0 aliphatic carbocycles. The SMILES string of the molecule is CCCCN(CC)C(=O)c1ccn(C)c(=O)c1. The van der Waals surface area contributed by atoms with Gasteiger partial charge in [-0.2, -0.15) is 0 Å². The van der Waals surface area contributed by atoms with Gasteiger partial charge < -0.3 is 9.47 Å². The third-order valence-corrected chi connectivity index (χ3v) is 2.80. The molecule has 1 rings (SSSR count). The highest BCUT2D eigenvalue weighted by Crippen LogP contribution is 2.04. The zero-order chi connectivity index (χ0) is 12.8. The fraction of sp³-hybridized carbons (Fsp3) is 0.538. The summed E-state index contributed by atoms with van der Waals surface area (Å²) in [6.07, 6.45) is 3.67. The predicted molar refractivity (Wildman–Crippen MR) is 68.2 cm³/mol. The number of amides is 1. The van der Waals surface area contributed by atoms with E-state index in [2.05, 4.69) is 6.92 Å². The first-order chi connectivity index (χ1) is 8.10. The van der Waals surface area contributed by atoms with Crippen molar-refractivity contribution < 1.29 is 4.79 Å². The summed E-state index contributed by atoms with van der Waals surface area (Å²) in [4.78, 5) is 25.4. The summed E-state index contributed by atoms with van der Waals surface area (Å²) >= 11 is 0. The molecule has 1 aromatic rings. The normalized spacial score (nSPS) is 10.3. The van der Waals surface area contributed by atoms with Crippen LogP contribution in [0.5, 0.6) is 0 Å². The molecule has 0 atom stereocenters. The van der Waals surface area contributed by atoms with Gasteiger partial charge in [0.2, 0.25) is 0 Å². The van der Waals surface area contributed by atoms with Gasteiger partial charge in [0.25, 0.3) is 11.5 Å². The van der Waals surface area contributed by atoms with Crippen LogP contribution in [-0.2, 0) is 7.05 Å². The number of carbonyl (C=O) groups excluding carboxylic acids is 1. The van der Waals surface area contributed by atoms with Gasteiger partial charge in [-0.05, 0) is 19.4 Å². The Morgan fingerprint density at radius 1 is 1.41 bits per heavy atom. The monoisotopic (exact) mass is 236 g/mol. The second-order valence-electron chi connectivity index (χ2n) is 4.10. The van der Waals surface area contributed by atoms with E-state index < -0.39 is 0 Å². The number of aromatic nitrogens is 1. The second kappa shape index (κ2) is 6.23. The second-order valence-corrected chi connectivity index (χ2v) is 4.10. The molecule has 1 heterocycles. The molecule has 4 heteroatoms. The minimum Gasteiger partial charge on any atom is -0.339 e. The van der Waals surface area contributed by atoms with E-state index in [4.69, 9.17) is 0 Å². The molecular weight excluding hydrogens is 216 g/mol. The van der Waals surface area contributed by atoms with E-state index in [1.54, 1.807) is 24.2 Å². The maximum Gasteiger partial charge on any atom is 0.254 e. The number of rotatable bonds is 5. The van der Waals surface area contributed by atoms with Gasteiger partial charge in [-0.3, -0.25) is 9.59 Å². The first-order valence-electron chi connectivity index (χ1n) is 6.06. The van der Waals surface area contributed by atoms with Crippen LogP contribution in [0.1, 0.15) is 37.0 Å². The van der Waals surface area contributed by atoms with Gasteiger partial charge in [0.1, 0.15) is 0 Å². The van der Waals surface area contributed by atoms with E-state index in [0.29, 0.717) is 12.1 Å². The van der Waals surface area contributed by atoms with E-state index in [-0.39, 0.29) is 11.5 Å².